The van der Waals surface area contributed by atoms with Crippen LogP contribution in [0.1, 0.15) is 174 Å². The van der Waals surface area contributed by atoms with E-state index in [0.717, 1.165) is 6.42 Å². The van der Waals surface area contributed by atoms with Gasteiger partial charge in [-0.25, -0.2) is 0 Å². The molecule has 1 aliphatic heterocycles. The Bertz CT molecular complexity index is 525. The zero-order chi connectivity index (χ0) is 25.2. The lowest BCUT2D eigenvalue weighted by molar-refractivity contribution is -0.152. The molecule has 0 aliphatic carbocycles. The van der Waals surface area contributed by atoms with Crippen molar-refractivity contribution in [2.75, 3.05) is 0 Å². The lowest BCUT2D eigenvalue weighted by Gasteiger charge is -2.04. The minimum absolute atomic E-state index is 0.217. The molecule has 1 atom stereocenters. The van der Waals surface area contributed by atoms with Gasteiger partial charge in [0, 0.05) is 0 Å². The summed E-state index contributed by atoms with van der Waals surface area (Å²) in [6.45, 7) is 2.29. The molecule has 3 nitrogen and oxygen atoms in total. The smallest absolute Gasteiger partial charge is 0.321 e. The van der Waals surface area contributed by atoms with Crippen LogP contribution in [0.2, 0.25) is 0 Å². The first-order valence-electron chi connectivity index (χ1n) is 15.6. The molecule has 0 aromatic carbocycles. The number of cyclic esters (lactones) is 2. The minimum Gasteiger partial charge on any atom is -0.393 e. The number of unbranched alkanes of at least 4 members (excludes halogenated alkanes) is 24. The van der Waals surface area contributed by atoms with Crippen molar-refractivity contribution in [2.45, 2.75) is 174 Å². The Hall–Kier alpha value is -1.12. The van der Waals surface area contributed by atoms with Crippen LogP contribution in [0.15, 0.2) is 12.2 Å². The number of hydrogen-bond donors (Lipinski definition) is 0. The van der Waals surface area contributed by atoms with Gasteiger partial charge in [0.2, 0.25) is 0 Å². The van der Waals surface area contributed by atoms with E-state index in [-0.39, 0.29) is 24.3 Å². The van der Waals surface area contributed by atoms with Crippen molar-refractivity contribution < 1.29 is 14.3 Å². The van der Waals surface area contributed by atoms with Crippen molar-refractivity contribution in [3.8, 4) is 0 Å². The number of carbonyl (C=O) groups is 2. The average molecular weight is 491 g/mol. The molecule has 1 saturated heterocycles. The van der Waals surface area contributed by atoms with E-state index >= 15 is 0 Å². The van der Waals surface area contributed by atoms with Crippen molar-refractivity contribution in [1.82, 2.24) is 0 Å². The van der Waals surface area contributed by atoms with Gasteiger partial charge in [0.05, 0.1) is 12.3 Å². The van der Waals surface area contributed by atoms with Crippen molar-refractivity contribution in [1.29, 1.82) is 0 Å². The van der Waals surface area contributed by atoms with Gasteiger partial charge in [0.25, 0.3) is 0 Å². The molecule has 0 spiro atoms. The third kappa shape index (κ3) is 20.7. The summed E-state index contributed by atoms with van der Waals surface area (Å²) in [7, 11) is 0. The fourth-order valence-electron chi connectivity index (χ4n) is 5.12. The number of carbonyl (C=O) groups excluding carboxylic acids is 2. The normalized spacial score (nSPS) is 16.0. The fourth-order valence-corrected chi connectivity index (χ4v) is 5.12. The van der Waals surface area contributed by atoms with E-state index in [4.69, 9.17) is 0 Å². The molecule has 0 radical (unpaired) electrons. The topological polar surface area (TPSA) is 43.4 Å². The second kappa shape index (κ2) is 24.6. The molecule has 0 saturated carbocycles. The highest BCUT2D eigenvalue weighted by atomic mass is 16.6. The Morgan fingerprint density at radius 1 is 0.571 bits per heavy atom. The molecule has 1 fully saturated rings. The fraction of sp³-hybridized carbons (Fsp3) is 0.875. The molecule has 204 valence electrons. The first-order chi connectivity index (χ1) is 17.2. The molecule has 1 rings (SSSR count). The van der Waals surface area contributed by atoms with Crippen LogP contribution < -0.4 is 0 Å². The molecule has 1 heterocycles. The Kier molecular flexibility index (Phi) is 22.4. The molecule has 0 aromatic heterocycles. The summed E-state index contributed by atoms with van der Waals surface area (Å²) in [6.07, 6.45) is 39.0. The second-order valence-corrected chi connectivity index (χ2v) is 11.0. The first-order valence-corrected chi connectivity index (χ1v) is 15.6. The number of esters is 2. The Labute approximate surface area is 218 Å². The van der Waals surface area contributed by atoms with Gasteiger partial charge in [-0.1, -0.05) is 167 Å². The standard InChI is InChI=1S/C32H58O3/c1-2-3-4-5-6-7-8-9-10-11-12-13-14-15-16-17-18-19-20-21-22-23-24-25-26-27-28-30-29-31(33)35-32(30)34/h27-28,30H,2-26,29H2,1H3. The number of rotatable bonds is 26. The van der Waals surface area contributed by atoms with Gasteiger partial charge in [-0.2, -0.15) is 0 Å². The summed E-state index contributed by atoms with van der Waals surface area (Å²) < 4.78 is 4.55. The third-order valence-corrected chi connectivity index (χ3v) is 7.50. The van der Waals surface area contributed by atoms with E-state index in [1.165, 1.54) is 154 Å². The molecule has 35 heavy (non-hydrogen) atoms. The first kappa shape index (κ1) is 31.9. The lowest BCUT2D eigenvalue weighted by atomic mass is 10.0. The van der Waals surface area contributed by atoms with Gasteiger partial charge in [0.15, 0.2) is 0 Å². The van der Waals surface area contributed by atoms with Crippen LogP contribution in [0.5, 0.6) is 0 Å². The van der Waals surface area contributed by atoms with Crippen LogP contribution in [0.4, 0.5) is 0 Å². The molecule has 0 N–H and O–H groups in total. The predicted molar refractivity (Wildman–Crippen MR) is 149 cm³/mol. The maximum absolute atomic E-state index is 11.4. The largest absolute Gasteiger partial charge is 0.393 e. The highest BCUT2D eigenvalue weighted by Gasteiger charge is 2.30. The summed E-state index contributed by atoms with van der Waals surface area (Å²) in [5.41, 5.74) is 0. The van der Waals surface area contributed by atoms with E-state index in [1.807, 2.05) is 12.2 Å². The van der Waals surface area contributed by atoms with Gasteiger partial charge in [0.1, 0.15) is 0 Å². The van der Waals surface area contributed by atoms with Crippen molar-refractivity contribution in [3.05, 3.63) is 12.2 Å². The molecule has 3 heteroatoms. The summed E-state index contributed by atoms with van der Waals surface area (Å²) in [5, 5.41) is 0. The van der Waals surface area contributed by atoms with Crippen LogP contribution in [-0.2, 0) is 14.3 Å². The Balaban J connectivity index is 1.67. The number of allylic oxidation sites excluding steroid dienone is 1. The highest BCUT2D eigenvalue weighted by Crippen LogP contribution is 2.18. The van der Waals surface area contributed by atoms with E-state index in [9.17, 15) is 9.59 Å². The van der Waals surface area contributed by atoms with Crippen molar-refractivity contribution >= 4 is 11.9 Å². The summed E-state index contributed by atoms with van der Waals surface area (Å²) in [5.74, 6) is -1.11. The van der Waals surface area contributed by atoms with Crippen LogP contribution in [0, 0.1) is 5.92 Å². The minimum atomic E-state index is -0.389. The lowest BCUT2D eigenvalue weighted by Crippen LogP contribution is -2.03. The summed E-state index contributed by atoms with van der Waals surface area (Å²) in [4.78, 5) is 22.4. The highest BCUT2D eigenvalue weighted by molar-refractivity contribution is 5.95. The van der Waals surface area contributed by atoms with Gasteiger partial charge in [-0.3, -0.25) is 9.59 Å². The molecule has 0 amide bonds. The molecule has 1 unspecified atom stereocenters. The quantitative estimate of drug-likeness (QED) is 0.0524. The van der Waals surface area contributed by atoms with E-state index in [1.54, 1.807) is 0 Å². The van der Waals surface area contributed by atoms with Gasteiger partial charge in [-0.15, -0.1) is 0 Å². The third-order valence-electron chi connectivity index (χ3n) is 7.50. The van der Waals surface area contributed by atoms with Crippen LogP contribution in [-0.4, -0.2) is 11.9 Å². The maximum atomic E-state index is 11.4. The average Bonchev–Trinajstić information content (AvgIpc) is 3.17. The Morgan fingerprint density at radius 2 is 0.914 bits per heavy atom. The molecular weight excluding hydrogens is 432 g/mol. The molecular formula is C32H58O3. The van der Waals surface area contributed by atoms with Gasteiger partial charge >= 0.3 is 11.9 Å². The predicted octanol–water partition coefficient (Wildman–Crippen LogP) is 10.4. The van der Waals surface area contributed by atoms with Gasteiger partial charge in [-0.05, 0) is 12.8 Å². The number of hydrogen-bond acceptors (Lipinski definition) is 3. The summed E-state index contributed by atoms with van der Waals surface area (Å²) in [6, 6.07) is 0. The second-order valence-electron chi connectivity index (χ2n) is 11.0. The summed E-state index contributed by atoms with van der Waals surface area (Å²) >= 11 is 0. The van der Waals surface area contributed by atoms with Gasteiger partial charge < -0.3 is 4.74 Å². The monoisotopic (exact) mass is 490 g/mol. The van der Waals surface area contributed by atoms with E-state index < -0.39 is 0 Å². The van der Waals surface area contributed by atoms with Crippen LogP contribution in [0.25, 0.3) is 0 Å². The molecule has 1 aliphatic rings. The van der Waals surface area contributed by atoms with Crippen LogP contribution >= 0.6 is 0 Å². The number of ether oxygens (including phenoxy) is 1. The van der Waals surface area contributed by atoms with Crippen molar-refractivity contribution in [2.24, 2.45) is 5.92 Å². The van der Waals surface area contributed by atoms with E-state index in [0.29, 0.717) is 0 Å². The SMILES string of the molecule is CCCCCCCCCCCCCCCCCCCCCCCCCCC=CC1CC(=O)OC1=O. The van der Waals surface area contributed by atoms with Crippen molar-refractivity contribution in [3.63, 3.8) is 0 Å². The zero-order valence-electron chi connectivity index (χ0n) is 23.3. The maximum Gasteiger partial charge on any atom is 0.321 e. The zero-order valence-corrected chi connectivity index (χ0v) is 23.3. The molecule has 0 bridgehead atoms. The van der Waals surface area contributed by atoms with Crippen LogP contribution in [0.3, 0.4) is 0 Å². The molecule has 0 aromatic rings. The Morgan fingerprint density at radius 3 is 1.23 bits per heavy atom. The van der Waals surface area contributed by atoms with E-state index in [2.05, 4.69) is 11.7 Å².